The summed E-state index contributed by atoms with van der Waals surface area (Å²) in [4.78, 5) is 12.9. The van der Waals surface area contributed by atoms with Crippen molar-refractivity contribution in [2.45, 2.75) is 31.2 Å². The third-order valence-corrected chi connectivity index (χ3v) is 6.36. The predicted octanol–water partition coefficient (Wildman–Crippen LogP) is 1.13. The number of ether oxygens (including phenoxy) is 5. The van der Waals surface area contributed by atoms with E-state index in [1.807, 2.05) is 0 Å². The summed E-state index contributed by atoms with van der Waals surface area (Å²) < 4.78 is 27.5. The average Bonchev–Trinajstić information content (AvgIpc) is 3.46. The Bertz CT molecular complexity index is 1370. The lowest BCUT2D eigenvalue weighted by Crippen LogP contribution is -2.54. The molecule has 0 aliphatic carbocycles. The van der Waals surface area contributed by atoms with Crippen LogP contribution in [0.5, 0.6) is 28.7 Å². The van der Waals surface area contributed by atoms with Gasteiger partial charge >= 0.3 is 5.97 Å². The molecular formula is C24H20O11. The number of phenols is 2. The van der Waals surface area contributed by atoms with Gasteiger partial charge in [0.15, 0.2) is 23.0 Å². The first kappa shape index (κ1) is 21.7. The SMILES string of the molecule is O=C1OCc2c1c(-c1ccc3c(c1)OCO3)c1cc(O)c(O)cc1c2OC1OC[C@H](O)[C@H](O)[C@H]1O. The normalized spacial score (nSPS) is 24.9. The zero-order chi connectivity index (χ0) is 24.4. The van der Waals surface area contributed by atoms with Crippen molar-refractivity contribution >= 4 is 16.7 Å². The average molecular weight is 484 g/mol. The van der Waals surface area contributed by atoms with E-state index in [9.17, 15) is 30.3 Å². The number of hydrogen-bond donors (Lipinski definition) is 5. The van der Waals surface area contributed by atoms with Crippen LogP contribution in [0.4, 0.5) is 0 Å². The number of aliphatic hydroxyl groups excluding tert-OH is 3. The fraction of sp³-hybridized carbons (Fsp3) is 0.292. The van der Waals surface area contributed by atoms with Crippen LogP contribution in [0.1, 0.15) is 15.9 Å². The summed E-state index contributed by atoms with van der Waals surface area (Å²) in [6, 6.07) is 7.67. The molecule has 3 heterocycles. The Kier molecular flexibility index (Phi) is 4.90. The number of aliphatic hydroxyl groups is 3. The van der Waals surface area contributed by atoms with Crippen molar-refractivity contribution in [1.82, 2.24) is 0 Å². The van der Waals surface area contributed by atoms with Gasteiger partial charge in [-0.2, -0.15) is 0 Å². The van der Waals surface area contributed by atoms with Crippen molar-refractivity contribution in [1.29, 1.82) is 0 Å². The number of phenolic OH excluding ortho intramolecular Hbond substituents is 2. The maximum atomic E-state index is 12.9. The van der Waals surface area contributed by atoms with Crippen LogP contribution in [0.3, 0.4) is 0 Å². The van der Waals surface area contributed by atoms with E-state index in [0.717, 1.165) is 0 Å². The molecule has 3 aliphatic heterocycles. The maximum absolute atomic E-state index is 12.9. The Hall–Kier alpha value is -3.77. The number of rotatable bonds is 3. The molecule has 35 heavy (non-hydrogen) atoms. The smallest absolute Gasteiger partial charge is 0.339 e. The van der Waals surface area contributed by atoms with Crippen LogP contribution in [0.2, 0.25) is 0 Å². The van der Waals surface area contributed by atoms with E-state index in [2.05, 4.69) is 0 Å². The van der Waals surface area contributed by atoms with Crippen molar-refractivity contribution in [2.75, 3.05) is 13.4 Å². The Morgan fingerprint density at radius 1 is 0.857 bits per heavy atom. The van der Waals surface area contributed by atoms with E-state index < -0.39 is 42.1 Å². The molecule has 5 N–H and O–H groups in total. The van der Waals surface area contributed by atoms with Gasteiger partial charge in [0.05, 0.1) is 12.2 Å². The number of aromatic hydroxyl groups is 2. The molecule has 11 nitrogen and oxygen atoms in total. The quantitative estimate of drug-likeness (QED) is 0.267. The van der Waals surface area contributed by atoms with Crippen LogP contribution in [-0.4, -0.2) is 69.5 Å². The minimum Gasteiger partial charge on any atom is -0.504 e. The van der Waals surface area contributed by atoms with Gasteiger partial charge in [-0.25, -0.2) is 4.79 Å². The lowest BCUT2D eigenvalue weighted by atomic mass is 9.89. The van der Waals surface area contributed by atoms with E-state index in [1.165, 1.54) is 12.1 Å². The second kappa shape index (κ2) is 7.89. The third-order valence-electron chi connectivity index (χ3n) is 6.36. The van der Waals surface area contributed by atoms with Crippen LogP contribution in [-0.2, 0) is 16.1 Å². The first-order valence-electron chi connectivity index (χ1n) is 10.8. The molecule has 11 heteroatoms. The van der Waals surface area contributed by atoms with E-state index >= 15 is 0 Å². The van der Waals surface area contributed by atoms with Gasteiger partial charge in [-0.3, -0.25) is 0 Å². The van der Waals surface area contributed by atoms with Crippen molar-refractivity contribution < 1.29 is 54.0 Å². The minimum atomic E-state index is -1.60. The van der Waals surface area contributed by atoms with Crippen LogP contribution in [0.25, 0.3) is 21.9 Å². The number of carbonyl (C=O) groups excluding carboxylic acids is 1. The van der Waals surface area contributed by atoms with E-state index in [4.69, 9.17) is 23.7 Å². The van der Waals surface area contributed by atoms with E-state index in [1.54, 1.807) is 18.2 Å². The molecule has 0 radical (unpaired) electrons. The van der Waals surface area contributed by atoms with Crippen LogP contribution in [0, 0.1) is 0 Å². The molecule has 3 aliphatic rings. The first-order chi connectivity index (χ1) is 16.8. The summed E-state index contributed by atoms with van der Waals surface area (Å²) in [7, 11) is 0. The molecule has 3 aromatic carbocycles. The molecule has 0 saturated carbocycles. The molecule has 0 aromatic heterocycles. The second-order valence-electron chi connectivity index (χ2n) is 8.46. The van der Waals surface area contributed by atoms with E-state index in [-0.39, 0.29) is 31.3 Å². The number of hydrogen-bond acceptors (Lipinski definition) is 11. The molecule has 6 rings (SSSR count). The van der Waals surface area contributed by atoms with Gasteiger partial charge in [-0.05, 0) is 35.2 Å². The second-order valence-corrected chi connectivity index (χ2v) is 8.46. The molecule has 182 valence electrons. The molecular weight excluding hydrogens is 464 g/mol. The van der Waals surface area contributed by atoms with Gasteiger partial charge in [-0.1, -0.05) is 6.07 Å². The van der Waals surface area contributed by atoms with Gasteiger partial charge in [0.1, 0.15) is 30.7 Å². The Balaban J connectivity index is 1.59. The summed E-state index contributed by atoms with van der Waals surface area (Å²) in [5, 5.41) is 51.4. The number of carbonyl (C=O) groups is 1. The lowest BCUT2D eigenvalue weighted by Gasteiger charge is -2.35. The van der Waals surface area contributed by atoms with Crippen LogP contribution >= 0.6 is 0 Å². The molecule has 0 spiro atoms. The monoisotopic (exact) mass is 484 g/mol. The van der Waals surface area contributed by atoms with Crippen molar-refractivity contribution in [3.05, 3.63) is 41.5 Å². The first-order valence-corrected chi connectivity index (χ1v) is 10.8. The molecule has 1 saturated heterocycles. The summed E-state index contributed by atoms with van der Waals surface area (Å²) >= 11 is 0. The standard InChI is InChI=1S/C24H20O11/c25-13-4-10-11(5-14(13)26)22(35-24-21(29)20(28)15(27)7-32-24)12-6-31-23(30)19(12)18(10)9-1-2-16-17(3-9)34-8-33-16/h1-5,15,20-21,24-29H,6-8H2/t15-,20-,21+,24?/m0/s1. The third kappa shape index (κ3) is 3.32. The zero-order valence-electron chi connectivity index (χ0n) is 18.0. The summed E-state index contributed by atoms with van der Waals surface area (Å²) in [6.07, 6.45) is -5.80. The molecule has 4 atom stereocenters. The minimum absolute atomic E-state index is 0.0609. The van der Waals surface area contributed by atoms with E-state index in [0.29, 0.717) is 39.0 Å². The summed E-state index contributed by atoms with van der Waals surface area (Å²) in [6.45, 7) is -0.391. The highest BCUT2D eigenvalue weighted by Gasteiger charge is 2.41. The molecule has 1 fully saturated rings. The zero-order valence-corrected chi connectivity index (χ0v) is 18.0. The molecule has 3 aromatic rings. The molecule has 1 unspecified atom stereocenters. The largest absolute Gasteiger partial charge is 0.504 e. The van der Waals surface area contributed by atoms with Crippen molar-refractivity contribution in [2.24, 2.45) is 0 Å². The highest BCUT2D eigenvalue weighted by atomic mass is 16.7. The Morgan fingerprint density at radius 2 is 1.60 bits per heavy atom. The topological polar surface area (TPSA) is 164 Å². The van der Waals surface area contributed by atoms with Gasteiger partial charge in [0, 0.05) is 16.5 Å². The van der Waals surface area contributed by atoms with Gasteiger partial charge < -0.3 is 49.2 Å². The Labute approximate surface area is 197 Å². The fourth-order valence-electron chi connectivity index (χ4n) is 4.59. The maximum Gasteiger partial charge on any atom is 0.339 e. The molecule has 0 bridgehead atoms. The highest BCUT2D eigenvalue weighted by molar-refractivity contribution is 6.14. The number of esters is 1. The fourth-order valence-corrected chi connectivity index (χ4v) is 4.59. The van der Waals surface area contributed by atoms with Crippen LogP contribution < -0.4 is 14.2 Å². The summed E-state index contributed by atoms with van der Waals surface area (Å²) in [5.41, 5.74) is 1.48. The summed E-state index contributed by atoms with van der Waals surface area (Å²) in [5.74, 6) is -0.415. The van der Waals surface area contributed by atoms with Gasteiger partial charge in [0.25, 0.3) is 0 Å². The van der Waals surface area contributed by atoms with Crippen LogP contribution in [0.15, 0.2) is 30.3 Å². The van der Waals surface area contributed by atoms with Crippen molar-refractivity contribution in [3.8, 4) is 39.9 Å². The Morgan fingerprint density at radius 3 is 2.40 bits per heavy atom. The highest BCUT2D eigenvalue weighted by Crippen LogP contribution is 2.49. The number of benzene rings is 3. The number of fused-ring (bicyclic) bond motifs is 3. The predicted molar refractivity (Wildman–Crippen MR) is 116 cm³/mol. The number of cyclic esters (lactones) is 1. The van der Waals surface area contributed by atoms with Gasteiger partial charge in [0.2, 0.25) is 13.1 Å². The van der Waals surface area contributed by atoms with Gasteiger partial charge in [-0.15, -0.1) is 0 Å². The van der Waals surface area contributed by atoms with Crippen molar-refractivity contribution in [3.63, 3.8) is 0 Å². The lowest BCUT2D eigenvalue weighted by molar-refractivity contribution is -0.241. The molecule has 0 amide bonds.